The number of nitrogens with zero attached hydrogens (tertiary/aromatic N) is 2. The largest absolute Gasteiger partial charge is 0.378 e. The second-order valence-corrected chi connectivity index (χ2v) is 8.10. The molecule has 8 heteroatoms. The van der Waals surface area contributed by atoms with Crippen molar-refractivity contribution in [2.24, 2.45) is 0 Å². The number of hydrogen-bond acceptors (Lipinski definition) is 6. The molecule has 0 saturated carbocycles. The Kier molecular flexibility index (Phi) is 8.30. The number of aromatic nitrogens is 1. The Morgan fingerprint density at radius 3 is 2.91 bits per heavy atom. The van der Waals surface area contributed by atoms with Crippen molar-refractivity contribution in [3.8, 4) is 0 Å². The second kappa shape index (κ2) is 11.8. The van der Waals surface area contributed by atoms with Gasteiger partial charge in [-0.1, -0.05) is 18.2 Å². The summed E-state index contributed by atoms with van der Waals surface area (Å²) in [7, 11) is 0. The van der Waals surface area contributed by atoms with Gasteiger partial charge in [0.05, 0.1) is 32.5 Å². The molecule has 1 unspecified atom stereocenters. The SMILES string of the molecule is O=C(NCc1cccnc1N1CCOCC1)Nc1cccc(COCC2CCCCO2)c1. The van der Waals surface area contributed by atoms with Gasteiger partial charge in [-0.2, -0.15) is 0 Å². The van der Waals surface area contributed by atoms with Gasteiger partial charge in [0.2, 0.25) is 0 Å². The molecule has 1 aromatic heterocycles. The van der Waals surface area contributed by atoms with Crippen LogP contribution < -0.4 is 15.5 Å². The van der Waals surface area contributed by atoms with Crippen LogP contribution in [0.3, 0.4) is 0 Å². The maximum Gasteiger partial charge on any atom is 0.319 e. The number of pyridine rings is 1. The highest BCUT2D eigenvalue weighted by Gasteiger charge is 2.16. The molecule has 32 heavy (non-hydrogen) atoms. The van der Waals surface area contributed by atoms with E-state index in [4.69, 9.17) is 14.2 Å². The minimum Gasteiger partial charge on any atom is -0.378 e. The van der Waals surface area contributed by atoms with Gasteiger partial charge in [0.15, 0.2) is 0 Å². The van der Waals surface area contributed by atoms with Gasteiger partial charge in [-0.3, -0.25) is 0 Å². The van der Waals surface area contributed by atoms with Crippen LogP contribution in [0.25, 0.3) is 0 Å². The van der Waals surface area contributed by atoms with Crippen LogP contribution >= 0.6 is 0 Å². The zero-order valence-corrected chi connectivity index (χ0v) is 18.4. The number of urea groups is 1. The third-order valence-corrected chi connectivity index (χ3v) is 5.65. The number of amides is 2. The lowest BCUT2D eigenvalue weighted by atomic mass is 10.1. The molecule has 2 aliphatic rings. The van der Waals surface area contributed by atoms with Gasteiger partial charge >= 0.3 is 6.03 Å². The van der Waals surface area contributed by atoms with Gasteiger partial charge in [-0.05, 0) is 43.0 Å². The highest BCUT2D eigenvalue weighted by molar-refractivity contribution is 5.89. The topological polar surface area (TPSA) is 85.0 Å². The van der Waals surface area contributed by atoms with Crippen molar-refractivity contribution in [2.45, 2.75) is 38.5 Å². The fourth-order valence-corrected chi connectivity index (χ4v) is 3.96. The highest BCUT2D eigenvalue weighted by Crippen LogP contribution is 2.19. The maximum absolute atomic E-state index is 12.5. The molecule has 4 rings (SSSR count). The van der Waals surface area contributed by atoms with Crippen molar-refractivity contribution in [2.75, 3.05) is 49.7 Å². The van der Waals surface area contributed by atoms with Crippen molar-refractivity contribution in [1.82, 2.24) is 10.3 Å². The summed E-state index contributed by atoms with van der Waals surface area (Å²) in [5, 5.41) is 5.84. The minimum absolute atomic E-state index is 0.200. The molecule has 1 aromatic carbocycles. The number of carbonyl (C=O) groups excluding carboxylic acids is 1. The Hall–Kier alpha value is -2.68. The third kappa shape index (κ3) is 6.66. The average molecular weight is 441 g/mol. The maximum atomic E-state index is 12.5. The predicted octanol–water partition coefficient (Wildman–Crippen LogP) is 3.33. The number of ether oxygens (including phenoxy) is 3. The zero-order valence-electron chi connectivity index (χ0n) is 18.4. The lowest BCUT2D eigenvalue weighted by Gasteiger charge is -2.29. The number of rotatable bonds is 8. The molecular weight excluding hydrogens is 408 g/mol. The molecule has 0 bridgehead atoms. The summed E-state index contributed by atoms with van der Waals surface area (Å²) >= 11 is 0. The summed E-state index contributed by atoms with van der Waals surface area (Å²) < 4.78 is 16.9. The lowest BCUT2D eigenvalue weighted by molar-refractivity contribution is -0.0447. The first kappa shape index (κ1) is 22.5. The summed E-state index contributed by atoms with van der Waals surface area (Å²) in [6.45, 7) is 5.32. The number of benzene rings is 1. The molecule has 172 valence electrons. The van der Waals surface area contributed by atoms with Crippen molar-refractivity contribution in [3.63, 3.8) is 0 Å². The molecule has 0 radical (unpaired) electrons. The molecule has 2 saturated heterocycles. The van der Waals surface area contributed by atoms with E-state index in [1.54, 1.807) is 6.20 Å². The summed E-state index contributed by atoms with van der Waals surface area (Å²) in [4.78, 5) is 19.2. The van der Waals surface area contributed by atoms with Gasteiger partial charge < -0.3 is 29.7 Å². The molecule has 3 heterocycles. The Morgan fingerprint density at radius 2 is 2.06 bits per heavy atom. The molecule has 0 spiro atoms. The van der Waals surface area contributed by atoms with E-state index >= 15 is 0 Å². The van der Waals surface area contributed by atoms with E-state index in [0.717, 1.165) is 55.2 Å². The van der Waals surface area contributed by atoms with Crippen LogP contribution in [0, 0.1) is 0 Å². The van der Waals surface area contributed by atoms with E-state index in [2.05, 4.69) is 20.5 Å². The Balaban J connectivity index is 1.25. The molecule has 2 fully saturated rings. The first-order valence-corrected chi connectivity index (χ1v) is 11.4. The Morgan fingerprint density at radius 1 is 1.16 bits per heavy atom. The van der Waals surface area contributed by atoms with E-state index in [1.165, 1.54) is 6.42 Å². The highest BCUT2D eigenvalue weighted by atomic mass is 16.5. The quantitative estimate of drug-likeness (QED) is 0.655. The molecule has 1 atom stereocenters. The molecule has 2 aliphatic heterocycles. The van der Waals surface area contributed by atoms with Crippen LogP contribution in [-0.2, 0) is 27.4 Å². The van der Waals surface area contributed by atoms with Crippen molar-refractivity contribution in [1.29, 1.82) is 0 Å². The number of hydrogen-bond donors (Lipinski definition) is 2. The van der Waals surface area contributed by atoms with Crippen molar-refractivity contribution < 1.29 is 19.0 Å². The number of morpholine rings is 1. The smallest absolute Gasteiger partial charge is 0.319 e. The average Bonchev–Trinajstić information content (AvgIpc) is 2.84. The standard InChI is InChI=1S/C24H32N4O4/c29-24(26-16-20-6-4-9-25-23(20)28-10-13-30-14-11-28)27-21-7-3-5-19(15-21)17-31-18-22-8-1-2-12-32-22/h3-7,9,15,22H,1-2,8,10-14,16-18H2,(H2,26,27,29). The van der Waals surface area contributed by atoms with Crippen molar-refractivity contribution >= 4 is 17.5 Å². The van der Waals surface area contributed by atoms with Gasteiger partial charge in [0.1, 0.15) is 5.82 Å². The Labute approximate surface area is 189 Å². The van der Waals surface area contributed by atoms with E-state index in [9.17, 15) is 4.79 Å². The first-order chi connectivity index (χ1) is 15.8. The number of anilines is 2. The van der Waals surface area contributed by atoms with Gasteiger partial charge in [0.25, 0.3) is 0 Å². The third-order valence-electron chi connectivity index (χ3n) is 5.65. The lowest BCUT2D eigenvalue weighted by Crippen LogP contribution is -2.38. The minimum atomic E-state index is -0.254. The molecule has 8 nitrogen and oxygen atoms in total. The molecule has 0 aliphatic carbocycles. The second-order valence-electron chi connectivity index (χ2n) is 8.10. The zero-order chi connectivity index (χ0) is 22.0. The predicted molar refractivity (Wildman–Crippen MR) is 123 cm³/mol. The van der Waals surface area contributed by atoms with E-state index in [-0.39, 0.29) is 12.1 Å². The Bertz CT molecular complexity index is 867. The molecule has 2 amide bonds. The fourth-order valence-electron chi connectivity index (χ4n) is 3.96. The first-order valence-electron chi connectivity index (χ1n) is 11.4. The summed E-state index contributed by atoms with van der Waals surface area (Å²) in [5.41, 5.74) is 2.73. The van der Waals surface area contributed by atoms with Crippen LogP contribution in [0.1, 0.15) is 30.4 Å². The summed E-state index contributed by atoms with van der Waals surface area (Å²) in [6, 6.07) is 11.3. The van der Waals surface area contributed by atoms with Gasteiger partial charge in [0, 0.05) is 43.7 Å². The van der Waals surface area contributed by atoms with Gasteiger partial charge in [-0.15, -0.1) is 0 Å². The molecule has 2 aromatic rings. The normalized spacial score (nSPS) is 18.9. The summed E-state index contributed by atoms with van der Waals surface area (Å²) in [5.74, 6) is 0.900. The number of nitrogens with one attached hydrogen (secondary N) is 2. The van der Waals surface area contributed by atoms with Crippen LogP contribution in [0.5, 0.6) is 0 Å². The van der Waals surface area contributed by atoms with E-state index in [0.29, 0.717) is 33.0 Å². The van der Waals surface area contributed by atoms with E-state index in [1.807, 2.05) is 36.4 Å². The number of carbonyl (C=O) groups is 1. The monoisotopic (exact) mass is 440 g/mol. The van der Waals surface area contributed by atoms with E-state index < -0.39 is 0 Å². The molecular formula is C24H32N4O4. The van der Waals surface area contributed by atoms with Crippen LogP contribution in [-0.4, -0.2) is 56.6 Å². The van der Waals surface area contributed by atoms with Crippen molar-refractivity contribution in [3.05, 3.63) is 53.7 Å². The van der Waals surface area contributed by atoms with Crippen LogP contribution in [0.15, 0.2) is 42.6 Å². The van der Waals surface area contributed by atoms with Crippen LogP contribution in [0.2, 0.25) is 0 Å². The fraction of sp³-hybridized carbons (Fsp3) is 0.500. The summed E-state index contributed by atoms with van der Waals surface area (Å²) in [6.07, 6.45) is 5.39. The van der Waals surface area contributed by atoms with Crippen LogP contribution in [0.4, 0.5) is 16.3 Å². The molecule has 2 N–H and O–H groups in total. The van der Waals surface area contributed by atoms with Gasteiger partial charge in [-0.25, -0.2) is 9.78 Å².